The number of ether oxygens (including phenoxy) is 1. The van der Waals surface area contributed by atoms with E-state index >= 15 is 0 Å². The van der Waals surface area contributed by atoms with Crippen molar-refractivity contribution in [2.45, 2.75) is 30.4 Å². The molecule has 1 unspecified atom stereocenters. The van der Waals surface area contributed by atoms with Crippen molar-refractivity contribution in [1.82, 2.24) is 13.9 Å². The van der Waals surface area contributed by atoms with E-state index in [0.29, 0.717) is 30.8 Å². The van der Waals surface area contributed by atoms with Crippen LogP contribution in [0, 0.1) is 17.1 Å². The minimum atomic E-state index is -4.05. The predicted octanol–water partition coefficient (Wildman–Crippen LogP) is 4.26. The molecule has 10 heteroatoms. The molecule has 1 aliphatic rings. The Labute approximate surface area is 227 Å². The summed E-state index contributed by atoms with van der Waals surface area (Å²) in [6.45, 7) is 0.717. The highest BCUT2D eigenvalue weighted by atomic mass is 32.2. The maximum absolute atomic E-state index is 14.8. The Balaban J connectivity index is 1.59. The molecule has 0 amide bonds. The fraction of sp³-hybridized carbons (Fsp3) is 0.241. The lowest BCUT2D eigenvalue weighted by Crippen LogP contribution is -2.50. The lowest BCUT2D eigenvalue weighted by atomic mass is 9.95. The Kier molecular flexibility index (Phi) is 7.37. The quantitative estimate of drug-likeness (QED) is 0.329. The van der Waals surface area contributed by atoms with Crippen molar-refractivity contribution in [2.24, 2.45) is 7.05 Å². The zero-order valence-corrected chi connectivity index (χ0v) is 22.5. The van der Waals surface area contributed by atoms with Crippen molar-refractivity contribution in [3.8, 4) is 11.8 Å². The highest BCUT2D eigenvalue weighted by Crippen LogP contribution is 2.34. The third-order valence-electron chi connectivity index (χ3n) is 7.06. The first-order valence-corrected chi connectivity index (χ1v) is 13.9. The van der Waals surface area contributed by atoms with Crippen LogP contribution in [0.5, 0.6) is 5.75 Å². The van der Waals surface area contributed by atoms with Crippen molar-refractivity contribution in [2.75, 3.05) is 18.6 Å². The van der Waals surface area contributed by atoms with Gasteiger partial charge < -0.3 is 14.2 Å². The second kappa shape index (κ2) is 10.9. The average Bonchev–Trinajstić information content (AvgIpc) is 3.35. The van der Waals surface area contributed by atoms with Gasteiger partial charge in [0, 0.05) is 43.6 Å². The third kappa shape index (κ3) is 5.37. The smallest absolute Gasteiger partial charge is 0.243 e. The van der Waals surface area contributed by atoms with Gasteiger partial charge in [0.2, 0.25) is 10.0 Å². The van der Waals surface area contributed by atoms with Crippen LogP contribution in [0.2, 0.25) is 0 Å². The van der Waals surface area contributed by atoms with Gasteiger partial charge in [-0.1, -0.05) is 18.2 Å². The number of fused-ring (bicyclic) bond motifs is 1. The molecule has 0 fully saturated rings. The van der Waals surface area contributed by atoms with Crippen LogP contribution in [0.1, 0.15) is 22.4 Å². The van der Waals surface area contributed by atoms with Gasteiger partial charge in [-0.05, 0) is 60.5 Å². The van der Waals surface area contributed by atoms with Crippen LogP contribution in [0.15, 0.2) is 84.1 Å². The Morgan fingerprint density at radius 1 is 1.15 bits per heavy atom. The lowest BCUT2D eigenvalue weighted by Gasteiger charge is -2.41. The number of imidazole rings is 1. The van der Waals surface area contributed by atoms with Crippen LogP contribution >= 0.6 is 0 Å². The van der Waals surface area contributed by atoms with Gasteiger partial charge in [-0.25, -0.2) is 17.8 Å². The standard InChI is InChI=1S/C29H28FN5O3S/c1-33-20-32-16-25(33)19-34-18-24(14-23-13-21(15-31)7-12-29(23)34)35(17-22-5-3-4-6-28(22)30)39(36,37)27-10-8-26(38-2)9-11-27/h3-13,16,20,24H,14,17-19H2,1-2H3. The molecule has 1 aliphatic heterocycles. The maximum Gasteiger partial charge on any atom is 0.243 e. The van der Waals surface area contributed by atoms with E-state index in [2.05, 4.69) is 16.0 Å². The van der Waals surface area contributed by atoms with Gasteiger partial charge in [-0.15, -0.1) is 0 Å². The molecule has 0 aliphatic carbocycles. The largest absolute Gasteiger partial charge is 0.497 e. The van der Waals surface area contributed by atoms with E-state index in [4.69, 9.17) is 4.74 Å². The Bertz CT molecular complexity index is 1630. The van der Waals surface area contributed by atoms with E-state index in [1.807, 2.05) is 17.7 Å². The summed E-state index contributed by atoms with van der Waals surface area (Å²) in [4.78, 5) is 6.41. The van der Waals surface area contributed by atoms with Gasteiger partial charge in [0.15, 0.2) is 0 Å². The van der Waals surface area contributed by atoms with Crippen LogP contribution in [0.25, 0.3) is 0 Å². The number of nitriles is 1. The van der Waals surface area contributed by atoms with Gasteiger partial charge in [0.25, 0.3) is 0 Å². The second-order valence-electron chi connectivity index (χ2n) is 9.51. The second-order valence-corrected chi connectivity index (χ2v) is 11.4. The van der Waals surface area contributed by atoms with E-state index in [9.17, 15) is 18.1 Å². The molecule has 8 nitrogen and oxygen atoms in total. The number of methoxy groups -OCH3 is 1. The molecule has 0 bridgehead atoms. The molecule has 39 heavy (non-hydrogen) atoms. The van der Waals surface area contributed by atoms with Crippen LogP contribution < -0.4 is 9.64 Å². The first-order valence-electron chi connectivity index (χ1n) is 12.4. The lowest BCUT2D eigenvalue weighted by molar-refractivity contribution is 0.299. The summed E-state index contributed by atoms with van der Waals surface area (Å²) in [5, 5.41) is 9.54. The molecule has 5 rings (SSSR count). The third-order valence-corrected chi connectivity index (χ3v) is 8.98. The molecule has 4 aromatic rings. The number of aryl methyl sites for hydroxylation is 1. The molecule has 1 atom stereocenters. The average molecular weight is 546 g/mol. The zero-order chi connectivity index (χ0) is 27.6. The number of nitrogens with zero attached hydrogens (tertiary/aromatic N) is 5. The summed E-state index contributed by atoms with van der Waals surface area (Å²) >= 11 is 0. The highest BCUT2D eigenvalue weighted by molar-refractivity contribution is 7.89. The highest BCUT2D eigenvalue weighted by Gasteiger charge is 2.37. The molecule has 0 N–H and O–H groups in total. The minimum Gasteiger partial charge on any atom is -0.497 e. The molecule has 0 saturated heterocycles. The monoisotopic (exact) mass is 545 g/mol. The fourth-order valence-electron chi connectivity index (χ4n) is 4.96. The topological polar surface area (TPSA) is 91.5 Å². The van der Waals surface area contributed by atoms with E-state index < -0.39 is 21.9 Å². The van der Waals surface area contributed by atoms with Crippen molar-refractivity contribution in [3.05, 3.63) is 107 Å². The molecular formula is C29H28FN5O3S. The summed E-state index contributed by atoms with van der Waals surface area (Å²) in [6, 6.07) is 19.5. The van der Waals surface area contributed by atoms with Crippen LogP contribution in [-0.2, 0) is 36.6 Å². The van der Waals surface area contributed by atoms with E-state index in [0.717, 1.165) is 16.9 Å². The summed E-state index contributed by atoms with van der Waals surface area (Å²) in [5.74, 6) is 0.0646. The number of sulfonamides is 1. The van der Waals surface area contributed by atoms with Gasteiger partial charge in [0.05, 0.1) is 42.2 Å². The molecular weight excluding hydrogens is 517 g/mol. The molecule has 0 saturated carbocycles. The molecule has 3 aromatic carbocycles. The summed E-state index contributed by atoms with van der Waals surface area (Å²) in [5.41, 5.74) is 3.51. The number of halogens is 1. The number of anilines is 1. The van der Waals surface area contributed by atoms with Gasteiger partial charge in [-0.3, -0.25) is 0 Å². The molecule has 0 radical (unpaired) electrons. The number of hydrogen-bond acceptors (Lipinski definition) is 6. The number of rotatable bonds is 8. The van der Waals surface area contributed by atoms with Crippen LogP contribution in [0.3, 0.4) is 0 Å². The van der Waals surface area contributed by atoms with Gasteiger partial charge >= 0.3 is 0 Å². The SMILES string of the molecule is COc1ccc(S(=O)(=O)N(Cc2ccccc2F)C2Cc3cc(C#N)ccc3N(Cc3cncn3C)C2)cc1. The van der Waals surface area contributed by atoms with E-state index in [1.165, 1.54) is 29.6 Å². The summed E-state index contributed by atoms with van der Waals surface area (Å²) in [7, 11) is -0.632. The van der Waals surface area contributed by atoms with E-state index in [-0.39, 0.29) is 17.0 Å². The van der Waals surface area contributed by atoms with Crippen molar-refractivity contribution < 1.29 is 17.5 Å². The first-order chi connectivity index (χ1) is 18.8. The Morgan fingerprint density at radius 3 is 2.59 bits per heavy atom. The molecule has 0 spiro atoms. The fourth-order valence-corrected chi connectivity index (χ4v) is 6.55. The van der Waals surface area contributed by atoms with Crippen molar-refractivity contribution in [3.63, 3.8) is 0 Å². The predicted molar refractivity (Wildman–Crippen MR) is 145 cm³/mol. The normalized spacial score (nSPS) is 15.2. The Morgan fingerprint density at radius 2 is 1.92 bits per heavy atom. The summed E-state index contributed by atoms with van der Waals surface area (Å²) < 4.78 is 51.6. The zero-order valence-electron chi connectivity index (χ0n) is 21.7. The number of aromatic nitrogens is 2. The molecule has 1 aromatic heterocycles. The van der Waals surface area contributed by atoms with Gasteiger partial charge in [0.1, 0.15) is 11.6 Å². The maximum atomic E-state index is 14.8. The molecule has 2 heterocycles. The summed E-state index contributed by atoms with van der Waals surface area (Å²) in [6.07, 6.45) is 3.86. The van der Waals surface area contributed by atoms with Crippen LogP contribution in [-0.4, -0.2) is 42.0 Å². The van der Waals surface area contributed by atoms with Gasteiger partial charge in [-0.2, -0.15) is 9.57 Å². The number of hydrogen-bond donors (Lipinski definition) is 0. The van der Waals surface area contributed by atoms with E-state index in [1.54, 1.807) is 55.0 Å². The molecule has 200 valence electrons. The Hall–Kier alpha value is -4.20. The van der Waals surface area contributed by atoms with Crippen LogP contribution in [0.4, 0.5) is 10.1 Å². The van der Waals surface area contributed by atoms with Crippen molar-refractivity contribution >= 4 is 15.7 Å². The van der Waals surface area contributed by atoms with Crippen molar-refractivity contribution in [1.29, 1.82) is 5.26 Å². The number of benzene rings is 3. The first kappa shape index (κ1) is 26.4. The minimum absolute atomic E-state index is 0.0920.